The summed E-state index contributed by atoms with van der Waals surface area (Å²) in [6.07, 6.45) is 17.3. The first-order valence-electron chi connectivity index (χ1n) is 7.40. The fourth-order valence-electron chi connectivity index (χ4n) is 4.45. The molecule has 4 fully saturated rings. The van der Waals surface area contributed by atoms with E-state index in [1.807, 2.05) is 0 Å². The molecule has 0 nitrogen and oxygen atoms in total. The lowest BCUT2D eigenvalue weighted by Crippen LogP contribution is -2.15. The number of rotatable bonds is 0. The molecule has 15 heavy (non-hydrogen) atoms. The second-order valence-corrected chi connectivity index (χ2v) is 6.59. The number of hydrogen-bond acceptors (Lipinski definition) is 0. The summed E-state index contributed by atoms with van der Waals surface area (Å²) in [6, 6.07) is 0. The fraction of sp³-hybridized carbons (Fsp3) is 1.00. The van der Waals surface area contributed by atoms with Crippen molar-refractivity contribution in [3.05, 3.63) is 0 Å². The minimum absolute atomic E-state index is 1.12. The van der Waals surface area contributed by atoms with Crippen LogP contribution in [0.3, 0.4) is 0 Å². The van der Waals surface area contributed by atoms with Gasteiger partial charge in [0.25, 0.3) is 0 Å². The van der Waals surface area contributed by atoms with Gasteiger partial charge in [-0.1, -0.05) is 64.2 Å². The summed E-state index contributed by atoms with van der Waals surface area (Å²) in [7, 11) is 0. The van der Waals surface area contributed by atoms with Gasteiger partial charge in [0.1, 0.15) is 0 Å². The van der Waals surface area contributed by atoms with Gasteiger partial charge in [0, 0.05) is 0 Å². The number of hydrogen-bond donors (Lipinski definition) is 0. The molecule has 4 aliphatic carbocycles. The van der Waals surface area contributed by atoms with E-state index in [4.69, 9.17) is 0 Å². The summed E-state index contributed by atoms with van der Waals surface area (Å²) in [5.41, 5.74) is 0. The van der Waals surface area contributed by atoms with Gasteiger partial charge in [0.15, 0.2) is 0 Å². The van der Waals surface area contributed by atoms with Crippen molar-refractivity contribution in [1.29, 1.82) is 0 Å². The molecule has 4 aliphatic rings. The molecular weight excluding hydrogens is 180 g/mol. The fourth-order valence-corrected chi connectivity index (χ4v) is 4.45. The zero-order chi connectivity index (χ0) is 10.1. The first kappa shape index (κ1) is 10.2. The molecule has 86 valence electrons. The van der Waals surface area contributed by atoms with E-state index in [9.17, 15) is 0 Å². The van der Waals surface area contributed by atoms with Gasteiger partial charge in [0.2, 0.25) is 0 Å². The van der Waals surface area contributed by atoms with Gasteiger partial charge in [-0.05, 0) is 30.1 Å². The highest BCUT2D eigenvalue weighted by Gasteiger charge is 2.29. The molecule has 0 saturated heterocycles. The molecule has 0 heterocycles. The molecule has 2 atom stereocenters. The van der Waals surface area contributed by atoms with Gasteiger partial charge in [0.05, 0.1) is 0 Å². The highest BCUT2D eigenvalue weighted by molar-refractivity contribution is 4.81. The molecule has 0 aromatic carbocycles. The van der Waals surface area contributed by atoms with E-state index >= 15 is 0 Å². The minimum Gasteiger partial charge on any atom is -0.0502 e. The van der Waals surface area contributed by atoms with Crippen molar-refractivity contribution in [2.24, 2.45) is 23.7 Å². The molecule has 2 unspecified atom stereocenters. The van der Waals surface area contributed by atoms with Crippen LogP contribution in [0.5, 0.6) is 0 Å². The largest absolute Gasteiger partial charge is 0.0502 e. The molecule has 4 saturated carbocycles. The Balaban J connectivity index is 1.65. The molecule has 0 spiro atoms. The van der Waals surface area contributed by atoms with E-state index < -0.39 is 0 Å². The average Bonchev–Trinajstić information content (AvgIpc) is 2.69. The van der Waals surface area contributed by atoms with Crippen molar-refractivity contribution in [3.8, 4) is 0 Å². The van der Waals surface area contributed by atoms with E-state index in [1.54, 1.807) is 70.6 Å². The van der Waals surface area contributed by atoms with E-state index in [-0.39, 0.29) is 0 Å². The molecule has 0 aromatic heterocycles. The first-order chi connectivity index (χ1) is 7.40. The SMILES string of the molecule is C1CC2CCC1CCC1CCC(CC2)C1. The topological polar surface area (TPSA) is 0 Å². The predicted molar refractivity (Wildman–Crippen MR) is 64.7 cm³/mol. The summed E-state index contributed by atoms with van der Waals surface area (Å²) in [6.45, 7) is 0. The second-order valence-electron chi connectivity index (χ2n) is 6.59. The van der Waals surface area contributed by atoms with Gasteiger partial charge in [-0.3, -0.25) is 0 Å². The summed E-state index contributed by atoms with van der Waals surface area (Å²) in [5.74, 6) is 4.51. The Morgan fingerprint density at radius 2 is 0.600 bits per heavy atom. The van der Waals surface area contributed by atoms with Crippen molar-refractivity contribution in [1.82, 2.24) is 0 Å². The molecule has 0 aromatic rings. The van der Waals surface area contributed by atoms with Crippen LogP contribution in [0, 0.1) is 23.7 Å². The van der Waals surface area contributed by atoms with Gasteiger partial charge in [-0.25, -0.2) is 0 Å². The first-order valence-corrected chi connectivity index (χ1v) is 7.40. The Bertz CT molecular complexity index is 174. The third-order valence-corrected chi connectivity index (χ3v) is 5.58. The Kier molecular flexibility index (Phi) is 3.03. The van der Waals surface area contributed by atoms with E-state index in [1.165, 1.54) is 0 Å². The smallest absolute Gasteiger partial charge is 0.0411 e. The summed E-state index contributed by atoms with van der Waals surface area (Å²) >= 11 is 0. The molecule has 0 aliphatic heterocycles. The maximum atomic E-state index is 1.60. The lowest BCUT2D eigenvalue weighted by molar-refractivity contribution is 0.238. The molecule has 4 bridgehead atoms. The Morgan fingerprint density at radius 1 is 0.333 bits per heavy atom. The van der Waals surface area contributed by atoms with Crippen LogP contribution in [0.2, 0.25) is 0 Å². The van der Waals surface area contributed by atoms with E-state index in [0.29, 0.717) is 0 Å². The lowest BCUT2D eigenvalue weighted by atomic mass is 9.77. The molecule has 0 radical (unpaired) electrons. The maximum absolute atomic E-state index is 1.60. The van der Waals surface area contributed by atoms with Crippen molar-refractivity contribution < 1.29 is 0 Å². The van der Waals surface area contributed by atoms with Gasteiger partial charge < -0.3 is 0 Å². The van der Waals surface area contributed by atoms with Crippen LogP contribution in [0.1, 0.15) is 70.6 Å². The van der Waals surface area contributed by atoms with Crippen molar-refractivity contribution in [3.63, 3.8) is 0 Å². The summed E-state index contributed by atoms with van der Waals surface area (Å²) in [5, 5.41) is 0. The van der Waals surface area contributed by atoms with Crippen LogP contribution < -0.4 is 0 Å². The standard InChI is InChI=1S/C15H26/c1-2-13-4-3-12(1)5-7-14-9-10-15(11-14)8-6-13/h12-15H,1-11H2. The van der Waals surface area contributed by atoms with Crippen LogP contribution in [0.25, 0.3) is 0 Å². The quantitative estimate of drug-likeness (QED) is 0.535. The zero-order valence-corrected chi connectivity index (χ0v) is 10.1. The highest BCUT2D eigenvalue weighted by atomic mass is 14.3. The van der Waals surface area contributed by atoms with Crippen molar-refractivity contribution in [2.75, 3.05) is 0 Å². The highest BCUT2D eigenvalue weighted by Crippen LogP contribution is 2.43. The Morgan fingerprint density at radius 3 is 0.933 bits per heavy atom. The van der Waals surface area contributed by atoms with Crippen LogP contribution in [-0.2, 0) is 0 Å². The van der Waals surface area contributed by atoms with E-state index in [2.05, 4.69) is 0 Å². The van der Waals surface area contributed by atoms with Crippen LogP contribution in [0.15, 0.2) is 0 Å². The number of fused-ring (bicyclic) bond motifs is 4. The van der Waals surface area contributed by atoms with Crippen LogP contribution in [0.4, 0.5) is 0 Å². The third-order valence-electron chi connectivity index (χ3n) is 5.58. The second kappa shape index (κ2) is 4.47. The molecular formula is C15H26. The van der Waals surface area contributed by atoms with E-state index in [0.717, 1.165) is 23.7 Å². The minimum atomic E-state index is 1.12. The van der Waals surface area contributed by atoms with Gasteiger partial charge >= 0.3 is 0 Å². The molecule has 0 heteroatoms. The maximum Gasteiger partial charge on any atom is -0.0411 e. The monoisotopic (exact) mass is 206 g/mol. The molecule has 0 N–H and O–H groups in total. The van der Waals surface area contributed by atoms with Crippen LogP contribution >= 0.6 is 0 Å². The van der Waals surface area contributed by atoms with Gasteiger partial charge in [-0.15, -0.1) is 0 Å². The van der Waals surface area contributed by atoms with Gasteiger partial charge in [-0.2, -0.15) is 0 Å². The molecule has 0 amide bonds. The average molecular weight is 206 g/mol. The van der Waals surface area contributed by atoms with Crippen molar-refractivity contribution in [2.45, 2.75) is 70.6 Å². The third kappa shape index (κ3) is 2.40. The lowest BCUT2D eigenvalue weighted by Gasteiger charge is -2.29. The predicted octanol–water partition coefficient (Wildman–Crippen LogP) is 4.78. The van der Waals surface area contributed by atoms with Crippen LogP contribution in [-0.4, -0.2) is 0 Å². The normalized spacial score (nSPS) is 46.4. The summed E-state index contributed by atoms with van der Waals surface area (Å²) < 4.78 is 0. The zero-order valence-electron chi connectivity index (χ0n) is 10.1. The summed E-state index contributed by atoms with van der Waals surface area (Å²) in [4.78, 5) is 0. The Hall–Kier alpha value is 0. The van der Waals surface area contributed by atoms with Crippen molar-refractivity contribution >= 4 is 0 Å². The molecule has 4 rings (SSSR count). The Labute approximate surface area is 94.8 Å².